The van der Waals surface area contributed by atoms with E-state index in [1.54, 1.807) is 24.3 Å². The number of carbonyl (C=O) groups is 2. The average Bonchev–Trinajstić information content (AvgIpc) is 2.74. The third-order valence-corrected chi connectivity index (χ3v) is 5.31. The Balaban J connectivity index is 2.32. The summed E-state index contributed by atoms with van der Waals surface area (Å²) in [5, 5.41) is 0.566. The molecule has 0 unspecified atom stereocenters. The van der Waals surface area contributed by atoms with Crippen LogP contribution < -0.4 is 4.90 Å². The second kappa shape index (κ2) is 8.53. The Morgan fingerprint density at radius 3 is 1.76 bits per heavy atom. The van der Waals surface area contributed by atoms with Gasteiger partial charge in [0, 0.05) is 22.1 Å². The van der Waals surface area contributed by atoms with E-state index in [0.717, 1.165) is 11.3 Å². The number of rotatable bonds is 4. The van der Waals surface area contributed by atoms with E-state index in [-0.39, 0.29) is 0 Å². The van der Waals surface area contributed by atoms with Crippen LogP contribution in [0.5, 0.6) is 0 Å². The Labute approximate surface area is 175 Å². The summed E-state index contributed by atoms with van der Waals surface area (Å²) in [5.41, 5.74) is 3.72. The van der Waals surface area contributed by atoms with E-state index in [0.29, 0.717) is 27.6 Å². The SMILES string of the molecule is COC(=O)C1=C(C)N(c2ccccc2)C(C)=C(C(=O)OC)C1c1ccc(Cl)cc1. The van der Waals surface area contributed by atoms with Crippen molar-refractivity contribution in [2.75, 3.05) is 19.1 Å². The summed E-state index contributed by atoms with van der Waals surface area (Å²) in [5.74, 6) is -1.64. The number of para-hydroxylation sites is 1. The van der Waals surface area contributed by atoms with Gasteiger partial charge < -0.3 is 14.4 Å². The van der Waals surface area contributed by atoms with Crippen LogP contribution in [-0.2, 0) is 19.1 Å². The smallest absolute Gasteiger partial charge is 0.336 e. The number of carbonyl (C=O) groups excluding carboxylic acids is 2. The number of allylic oxidation sites excluding steroid dienone is 2. The van der Waals surface area contributed by atoms with Crippen LogP contribution in [0.15, 0.2) is 77.1 Å². The maximum atomic E-state index is 12.9. The van der Waals surface area contributed by atoms with Gasteiger partial charge in [-0.3, -0.25) is 0 Å². The Morgan fingerprint density at radius 2 is 1.31 bits per heavy atom. The number of anilines is 1. The number of benzene rings is 2. The molecule has 150 valence electrons. The van der Waals surface area contributed by atoms with Crippen molar-refractivity contribution in [2.24, 2.45) is 0 Å². The van der Waals surface area contributed by atoms with Crippen molar-refractivity contribution in [3.8, 4) is 0 Å². The fourth-order valence-electron chi connectivity index (χ4n) is 3.76. The van der Waals surface area contributed by atoms with E-state index < -0.39 is 17.9 Å². The van der Waals surface area contributed by atoms with Crippen LogP contribution in [0.2, 0.25) is 5.02 Å². The number of halogens is 1. The normalized spacial score (nSPS) is 14.9. The van der Waals surface area contributed by atoms with E-state index in [2.05, 4.69) is 0 Å². The first-order valence-electron chi connectivity index (χ1n) is 9.09. The highest BCUT2D eigenvalue weighted by Gasteiger charge is 2.40. The van der Waals surface area contributed by atoms with E-state index in [1.165, 1.54) is 14.2 Å². The zero-order chi connectivity index (χ0) is 21.1. The zero-order valence-corrected chi connectivity index (χ0v) is 17.5. The lowest BCUT2D eigenvalue weighted by molar-refractivity contribution is -0.137. The minimum Gasteiger partial charge on any atom is -0.466 e. The number of hydrogen-bond donors (Lipinski definition) is 0. The van der Waals surface area contributed by atoms with Gasteiger partial charge in [-0.1, -0.05) is 41.9 Å². The maximum absolute atomic E-state index is 12.9. The molecule has 1 aliphatic heterocycles. The van der Waals surface area contributed by atoms with Crippen molar-refractivity contribution in [3.63, 3.8) is 0 Å². The van der Waals surface area contributed by atoms with Gasteiger partial charge in [0.15, 0.2) is 0 Å². The second-order valence-corrected chi connectivity index (χ2v) is 7.07. The fraction of sp³-hybridized carbons (Fsp3) is 0.217. The Kier molecular flexibility index (Phi) is 6.09. The summed E-state index contributed by atoms with van der Waals surface area (Å²) in [4.78, 5) is 27.6. The summed E-state index contributed by atoms with van der Waals surface area (Å²) in [6.45, 7) is 3.69. The molecule has 0 N–H and O–H groups in total. The molecule has 2 aromatic carbocycles. The molecule has 0 aliphatic carbocycles. The molecule has 1 heterocycles. The maximum Gasteiger partial charge on any atom is 0.336 e. The Hall–Kier alpha value is -3.05. The van der Waals surface area contributed by atoms with E-state index in [4.69, 9.17) is 21.1 Å². The predicted octanol–water partition coefficient (Wildman–Crippen LogP) is 4.84. The second-order valence-electron chi connectivity index (χ2n) is 6.64. The lowest BCUT2D eigenvalue weighted by Gasteiger charge is -2.37. The van der Waals surface area contributed by atoms with E-state index >= 15 is 0 Å². The van der Waals surface area contributed by atoms with Gasteiger partial charge in [0.05, 0.1) is 31.3 Å². The van der Waals surface area contributed by atoms with Gasteiger partial charge >= 0.3 is 11.9 Å². The standard InChI is InChI=1S/C23H22ClNO4/c1-14-19(22(26)28-3)21(16-10-12-17(24)13-11-16)20(23(27)29-4)15(2)25(14)18-8-6-5-7-9-18/h5-13,21H,1-4H3. The van der Waals surface area contributed by atoms with Crippen molar-refractivity contribution in [3.05, 3.63) is 87.7 Å². The summed E-state index contributed by atoms with van der Waals surface area (Å²) in [7, 11) is 2.66. The molecule has 6 heteroatoms. The molecule has 0 spiro atoms. The molecule has 5 nitrogen and oxygen atoms in total. The Morgan fingerprint density at radius 1 is 0.828 bits per heavy atom. The highest BCUT2D eigenvalue weighted by molar-refractivity contribution is 6.30. The summed E-state index contributed by atoms with van der Waals surface area (Å²) >= 11 is 6.05. The lowest BCUT2D eigenvalue weighted by Crippen LogP contribution is -2.35. The Bertz CT molecular complexity index is 953. The molecule has 0 saturated carbocycles. The molecule has 0 radical (unpaired) electrons. The van der Waals surface area contributed by atoms with Gasteiger partial charge in [-0.05, 0) is 43.7 Å². The quantitative estimate of drug-likeness (QED) is 0.674. The van der Waals surface area contributed by atoms with Crippen molar-refractivity contribution in [1.82, 2.24) is 0 Å². The molecule has 0 atom stereocenters. The molecular formula is C23H22ClNO4. The van der Waals surface area contributed by atoms with E-state index in [1.807, 2.05) is 49.1 Å². The first kappa shape index (κ1) is 20.7. The van der Waals surface area contributed by atoms with Crippen LogP contribution in [0.4, 0.5) is 5.69 Å². The molecule has 0 amide bonds. The minimum atomic E-state index is -0.632. The van der Waals surface area contributed by atoms with Crippen molar-refractivity contribution in [2.45, 2.75) is 19.8 Å². The van der Waals surface area contributed by atoms with Crippen LogP contribution in [0.1, 0.15) is 25.3 Å². The number of nitrogens with zero attached hydrogens (tertiary/aromatic N) is 1. The highest BCUT2D eigenvalue weighted by Crippen LogP contribution is 2.44. The van der Waals surface area contributed by atoms with Crippen LogP contribution >= 0.6 is 11.6 Å². The molecule has 29 heavy (non-hydrogen) atoms. The van der Waals surface area contributed by atoms with Crippen molar-refractivity contribution >= 4 is 29.2 Å². The monoisotopic (exact) mass is 411 g/mol. The summed E-state index contributed by atoms with van der Waals surface area (Å²) < 4.78 is 10.2. The topological polar surface area (TPSA) is 55.8 Å². The summed E-state index contributed by atoms with van der Waals surface area (Å²) in [6, 6.07) is 16.6. The number of methoxy groups -OCH3 is 2. The summed E-state index contributed by atoms with van der Waals surface area (Å²) in [6.07, 6.45) is 0. The first-order valence-corrected chi connectivity index (χ1v) is 9.47. The molecule has 2 aromatic rings. The first-order chi connectivity index (χ1) is 13.9. The number of esters is 2. The highest BCUT2D eigenvalue weighted by atomic mass is 35.5. The van der Waals surface area contributed by atoms with Crippen LogP contribution in [0, 0.1) is 0 Å². The van der Waals surface area contributed by atoms with Crippen LogP contribution in [0.25, 0.3) is 0 Å². The van der Waals surface area contributed by atoms with Gasteiger partial charge in [-0.25, -0.2) is 9.59 Å². The van der Waals surface area contributed by atoms with Gasteiger partial charge in [-0.2, -0.15) is 0 Å². The van der Waals surface area contributed by atoms with Crippen molar-refractivity contribution in [1.29, 1.82) is 0 Å². The molecule has 0 bridgehead atoms. The molecule has 0 aromatic heterocycles. The van der Waals surface area contributed by atoms with Crippen molar-refractivity contribution < 1.29 is 19.1 Å². The van der Waals surface area contributed by atoms with Gasteiger partial charge in [0.25, 0.3) is 0 Å². The molecule has 3 rings (SSSR count). The molecular weight excluding hydrogens is 390 g/mol. The third-order valence-electron chi connectivity index (χ3n) is 5.06. The van der Waals surface area contributed by atoms with Gasteiger partial charge in [0.1, 0.15) is 0 Å². The molecule has 1 aliphatic rings. The van der Waals surface area contributed by atoms with Gasteiger partial charge in [-0.15, -0.1) is 0 Å². The lowest BCUT2D eigenvalue weighted by atomic mass is 9.79. The van der Waals surface area contributed by atoms with E-state index in [9.17, 15) is 9.59 Å². The van der Waals surface area contributed by atoms with Crippen LogP contribution in [0.3, 0.4) is 0 Å². The number of ether oxygens (including phenoxy) is 2. The molecule has 0 fully saturated rings. The predicted molar refractivity (Wildman–Crippen MR) is 113 cm³/mol. The van der Waals surface area contributed by atoms with Crippen LogP contribution in [-0.4, -0.2) is 26.2 Å². The minimum absolute atomic E-state index is 0.379. The average molecular weight is 412 g/mol. The number of hydrogen-bond acceptors (Lipinski definition) is 5. The third kappa shape index (κ3) is 3.78. The fourth-order valence-corrected chi connectivity index (χ4v) is 3.88. The van der Waals surface area contributed by atoms with Gasteiger partial charge in [0.2, 0.25) is 0 Å². The largest absolute Gasteiger partial charge is 0.466 e. The molecule has 0 saturated heterocycles. The zero-order valence-electron chi connectivity index (χ0n) is 16.7.